The molecule has 1 aliphatic heterocycles. The number of amides is 1. The molecule has 0 spiro atoms. The number of aliphatic hydroxyl groups excluding tert-OH is 1. The number of rotatable bonds is 7. The Balaban J connectivity index is 1.96. The number of carbonyl (C=O) groups is 2. The second-order valence-electron chi connectivity index (χ2n) is 8.17. The Kier molecular flexibility index (Phi) is 7.64. The first-order chi connectivity index (χ1) is 18.5. The van der Waals surface area contributed by atoms with Crippen LogP contribution in [0.5, 0.6) is 23.0 Å². The van der Waals surface area contributed by atoms with Gasteiger partial charge < -0.3 is 24.1 Å². The fourth-order valence-corrected chi connectivity index (χ4v) is 4.45. The molecule has 3 aromatic carbocycles. The molecule has 4 rings (SSSR count). The van der Waals surface area contributed by atoms with Crippen LogP contribution >= 0.6 is 11.6 Å². The van der Waals surface area contributed by atoms with Crippen LogP contribution in [0.4, 0.5) is 18.9 Å². The normalized spacial score (nSPS) is 16.8. The van der Waals surface area contributed by atoms with Crippen LogP contribution < -0.4 is 23.8 Å². The topological polar surface area (TPSA) is 94.5 Å². The first kappa shape index (κ1) is 27.6. The Morgan fingerprint density at radius 1 is 0.897 bits per heavy atom. The molecule has 12 heteroatoms. The first-order valence-corrected chi connectivity index (χ1v) is 11.6. The Morgan fingerprint density at radius 3 is 2.15 bits per heavy atom. The van der Waals surface area contributed by atoms with Crippen LogP contribution in [0.1, 0.15) is 17.2 Å². The minimum atomic E-state index is -4.98. The summed E-state index contributed by atoms with van der Waals surface area (Å²) < 4.78 is 58.4. The molecule has 1 amide bonds. The number of hydrogen-bond acceptors (Lipinski definition) is 7. The molecule has 0 bridgehead atoms. The van der Waals surface area contributed by atoms with Crippen molar-refractivity contribution in [2.24, 2.45) is 0 Å². The van der Waals surface area contributed by atoms with E-state index in [1.165, 1.54) is 45.6 Å². The van der Waals surface area contributed by atoms with Crippen LogP contribution in [-0.2, 0) is 9.59 Å². The lowest BCUT2D eigenvalue weighted by Gasteiger charge is -2.26. The lowest BCUT2D eigenvalue weighted by Crippen LogP contribution is -2.29. The SMILES string of the molecule is COc1ccc(C2/C(=C(\O)c3cc(OC)c(Cl)cc3OC)C(=O)C(=O)N2c2cccc(OC(F)(F)F)c2)cc1. The van der Waals surface area contributed by atoms with Gasteiger partial charge in [0.2, 0.25) is 0 Å². The molecule has 3 aromatic rings. The van der Waals surface area contributed by atoms with Gasteiger partial charge in [0.1, 0.15) is 28.8 Å². The maximum absolute atomic E-state index is 13.4. The summed E-state index contributed by atoms with van der Waals surface area (Å²) in [5.74, 6) is -2.65. The van der Waals surface area contributed by atoms with Crippen molar-refractivity contribution in [3.8, 4) is 23.0 Å². The standard InChI is InChI=1S/C27H21ClF3NO7/c1-36-16-9-7-14(8-10-16)23-22(24(33)18-12-21(38-3)19(28)13-20(18)37-2)25(34)26(35)32(23)15-5-4-6-17(11-15)39-27(29,30)31/h4-13,23,33H,1-3H3/b24-22+. The molecule has 0 aliphatic carbocycles. The zero-order valence-corrected chi connectivity index (χ0v) is 21.5. The minimum Gasteiger partial charge on any atom is -0.507 e. The highest BCUT2D eigenvalue weighted by Crippen LogP contribution is 2.45. The van der Waals surface area contributed by atoms with Gasteiger partial charge in [0, 0.05) is 17.8 Å². The molecule has 1 N–H and O–H groups in total. The Hall–Kier alpha value is -4.38. The molecule has 39 heavy (non-hydrogen) atoms. The Labute approximate surface area is 225 Å². The molecule has 1 fully saturated rings. The molecular weight excluding hydrogens is 543 g/mol. The predicted molar refractivity (Wildman–Crippen MR) is 135 cm³/mol. The Bertz CT molecular complexity index is 1450. The van der Waals surface area contributed by atoms with Crippen molar-refractivity contribution in [1.82, 2.24) is 0 Å². The zero-order chi connectivity index (χ0) is 28.5. The molecule has 8 nitrogen and oxygen atoms in total. The van der Waals surface area contributed by atoms with Gasteiger partial charge in [0.05, 0.1) is 43.5 Å². The van der Waals surface area contributed by atoms with E-state index in [0.29, 0.717) is 11.3 Å². The number of hydrogen-bond donors (Lipinski definition) is 1. The summed E-state index contributed by atoms with van der Waals surface area (Å²) in [6.45, 7) is 0. The van der Waals surface area contributed by atoms with E-state index in [1.807, 2.05) is 0 Å². The van der Waals surface area contributed by atoms with E-state index in [0.717, 1.165) is 17.0 Å². The van der Waals surface area contributed by atoms with Crippen molar-refractivity contribution >= 4 is 34.7 Å². The van der Waals surface area contributed by atoms with Crippen LogP contribution in [0.15, 0.2) is 66.2 Å². The molecule has 1 atom stereocenters. The van der Waals surface area contributed by atoms with E-state index in [4.69, 9.17) is 25.8 Å². The van der Waals surface area contributed by atoms with Gasteiger partial charge in [-0.3, -0.25) is 14.5 Å². The number of aliphatic hydroxyl groups is 1. The number of carbonyl (C=O) groups excluding carboxylic acids is 2. The minimum absolute atomic E-state index is 0.00409. The smallest absolute Gasteiger partial charge is 0.507 e. The third-order valence-corrected chi connectivity index (χ3v) is 6.23. The van der Waals surface area contributed by atoms with E-state index < -0.39 is 35.6 Å². The van der Waals surface area contributed by atoms with Crippen molar-refractivity contribution in [1.29, 1.82) is 0 Å². The van der Waals surface area contributed by atoms with Crippen LogP contribution in [0.3, 0.4) is 0 Å². The highest BCUT2D eigenvalue weighted by molar-refractivity contribution is 6.51. The summed E-state index contributed by atoms with van der Waals surface area (Å²) in [4.78, 5) is 27.7. The number of alkyl halides is 3. The second-order valence-corrected chi connectivity index (χ2v) is 8.58. The first-order valence-electron chi connectivity index (χ1n) is 11.2. The number of ether oxygens (including phenoxy) is 4. The summed E-state index contributed by atoms with van der Waals surface area (Å²) in [6.07, 6.45) is -4.98. The number of ketones is 1. The summed E-state index contributed by atoms with van der Waals surface area (Å²) >= 11 is 6.18. The number of benzene rings is 3. The van der Waals surface area contributed by atoms with Gasteiger partial charge in [0.25, 0.3) is 11.7 Å². The predicted octanol–water partition coefficient (Wildman–Crippen LogP) is 5.89. The van der Waals surface area contributed by atoms with Gasteiger partial charge >= 0.3 is 6.36 Å². The quantitative estimate of drug-likeness (QED) is 0.218. The zero-order valence-electron chi connectivity index (χ0n) is 20.7. The third kappa shape index (κ3) is 5.44. The molecule has 1 heterocycles. The fraction of sp³-hybridized carbons (Fsp3) is 0.185. The van der Waals surface area contributed by atoms with Gasteiger partial charge in [-0.1, -0.05) is 29.8 Å². The van der Waals surface area contributed by atoms with Crippen LogP contribution in [0.2, 0.25) is 5.02 Å². The Morgan fingerprint density at radius 2 is 1.56 bits per heavy atom. The molecule has 0 saturated carbocycles. The van der Waals surface area contributed by atoms with Crippen molar-refractivity contribution in [2.75, 3.05) is 26.2 Å². The van der Waals surface area contributed by atoms with Gasteiger partial charge in [0.15, 0.2) is 0 Å². The van der Waals surface area contributed by atoms with Gasteiger partial charge in [-0.05, 0) is 35.9 Å². The average molecular weight is 564 g/mol. The lowest BCUT2D eigenvalue weighted by molar-refractivity contribution is -0.274. The lowest BCUT2D eigenvalue weighted by atomic mass is 9.94. The third-order valence-electron chi connectivity index (χ3n) is 5.93. The number of halogens is 4. The van der Waals surface area contributed by atoms with E-state index in [2.05, 4.69) is 4.74 Å². The highest BCUT2D eigenvalue weighted by Gasteiger charge is 2.47. The molecular formula is C27H21ClF3NO7. The molecule has 1 unspecified atom stereocenters. The summed E-state index contributed by atoms with van der Waals surface area (Å²) in [5.41, 5.74) is -0.0441. The fourth-order valence-electron chi connectivity index (χ4n) is 4.22. The molecule has 0 radical (unpaired) electrons. The summed E-state index contributed by atoms with van der Waals surface area (Å²) in [6, 6.07) is 12.3. The maximum atomic E-state index is 13.4. The van der Waals surface area contributed by atoms with E-state index in [-0.39, 0.29) is 33.3 Å². The van der Waals surface area contributed by atoms with Crippen molar-refractivity contribution < 1.29 is 46.8 Å². The molecule has 1 saturated heterocycles. The van der Waals surface area contributed by atoms with Crippen molar-refractivity contribution in [2.45, 2.75) is 12.4 Å². The van der Waals surface area contributed by atoms with Crippen LogP contribution in [-0.4, -0.2) is 44.5 Å². The largest absolute Gasteiger partial charge is 0.573 e. The van der Waals surface area contributed by atoms with Gasteiger partial charge in [-0.2, -0.15) is 0 Å². The summed E-state index contributed by atoms with van der Waals surface area (Å²) in [5, 5.41) is 11.6. The molecule has 1 aliphatic rings. The summed E-state index contributed by atoms with van der Waals surface area (Å²) in [7, 11) is 4.12. The van der Waals surface area contributed by atoms with Crippen LogP contribution in [0.25, 0.3) is 5.76 Å². The average Bonchev–Trinajstić information content (AvgIpc) is 3.17. The highest BCUT2D eigenvalue weighted by atomic mass is 35.5. The van der Waals surface area contributed by atoms with Crippen molar-refractivity contribution in [3.05, 3.63) is 82.4 Å². The monoisotopic (exact) mass is 563 g/mol. The number of methoxy groups -OCH3 is 3. The number of anilines is 1. The van der Waals surface area contributed by atoms with E-state index in [9.17, 15) is 27.9 Å². The number of nitrogens with zero attached hydrogens (tertiary/aromatic N) is 1. The van der Waals surface area contributed by atoms with Crippen molar-refractivity contribution in [3.63, 3.8) is 0 Å². The van der Waals surface area contributed by atoms with Crippen LogP contribution in [0, 0.1) is 0 Å². The van der Waals surface area contributed by atoms with Gasteiger partial charge in [-0.15, -0.1) is 13.2 Å². The maximum Gasteiger partial charge on any atom is 0.573 e. The molecule has 204 valence electrons. The number of Topliss-reactive ketones (excluding diaryl/α,β-unsaturated/α-hetero) is 1. The van der Waals surface area contributed by atoms with E-state index >= 15 is 0 Å². The van der Waals surface area contributed by atoms with E-state index in [1.54, 1.807) is 24.3 Å². The second kappa shape index (κ2) is 10.8. The van der Waals surface area contributed by atoms with Gasteiger partial charge in [-0.25, -0.2) is 0 Å². The molecule has 0 aromatic heterocycles.